The Labute approximate surface area is 138 Å². The number of benzene rings is 1. The van der Waals surface area contributed by atoms with Crippen LogP contribution in [0, 0.1) is 11.8 Å². The van der Waals surface area contributed by atoms with E-state index in [9.17, 15) is 8.42 Å². The first-order valence-corrected chi connectivity index (χ1v) is 9.59. The van der Waals surface area contributed by atoms with Crippen molar-refractivity contribution in [2.45, 2.75) is 26.3 Å². The van der Waals surface area contributed by atoms with Crippen LogP contribution in [0.2, 0.25) is 0 Å². The van der Waals surface area contributed by atoms with Gasteiger partial charge in [0.15, 0.2) is 0 Å². The first kappa shape index (κ1) is 16.2. The van der Waals surface area contributed by atoms with Crippen LogP contribution in [-0.2, 0) is 16.6 Å². The van der Waals surface area contributed by atoms with Crippen molar-refractivity contribution in [2.24, 2.45) is 11.8 Å². The molecule has 124 valence electrons. The van der Waals surface area contributed by atoms with E-state index in [4.69, 9.17) is 0 Å². The Morgan fingerprint density at radius 2 is 1.91 bits per heavy atom. The maximum absolute atomic E-state index is 12.4. The highest BCUT2D eigenvalue weighted by molar-refractivity contribution is 7.89. The van der Waals surface area contributed by atoms with Crippen LogP contribution < -0.4 is 0 Å². The van der Waals surface area contributed by atoms with Gasteiger partial charge in [0.25, 0.3) is 0 Å². The molecular formula is C17H23N3O2S. The standard InChI is InChI=1S/C17H23N3O2S/c1-14-10-15(11-14)13-23(21,22)19(2)12-16-8-9-20(18-16)17-6-4-3-5-7-17/h3-9,14-15H,10-13H2,1-2H3. The summed E-state index contributed by atoms with van der Waals surface area (Å²) < 4.78 is 28.0. The normalized spacial score (nSPS) is 21.3. The molecule has 1 aliphatic rings. The van der Waals surface area contributed by atoms with Gasteiger partial charge in [-0.15, -0.1) is 0 Å². The molecule has 2 aromatic rings. The predicted molar refractivity (Wildman–Crippen MR) is 90.7 cm³/mol. The van der Waals surface area contributed by atoms with Crippen LogP contribution >= 0.6 is 0 Å². The van der Waals surface area contributed by atoms with Gasteiger partial charge in [-0.25, -0.2) is 13.1 Å². The molecule has 0 radical (unpaired) electrons. The van der Waals surface area contributed by atoms with E-state index in [-0.39, 0.29) is 5.75 Å². The van der Waals surface area contributed by atoms with Gasteiger partial charge in [0.2, 0.25) is 10.0 Å². The van der Waals surface area contributed by atoms with E-state index in [0.717, 1.165) is 24.2 Å². The molecule has 1 aliphatic carbocycles. The number of aromatic nitrogens is 2. The van der Waals surface area contributed by atoms with Crippen LogP contribution in [0.25, 0.3) is 5.69 Å². The van der Waals surface area contributed by atoms with Crippen molar-refractivity contribution in [3.8, 4) is 5.69 Å². The maximum atomic E-state index is 12.4. The van der Waals surface area contributed by atoms with E-state index < -0.39 is 10.0 Å². The second kappa shape index (κ2) is 6.45. The van der Waals surface area contributed by atoms with Gasteiger partial charge >= 0.3 is 0 Å². The summed E-state index contributed by atoms with van der Waals surface area (Å²) in [5.74, 6) is 1.24. The lowest BCUT2D eigenvalue weighted by molar-refractivity contribution is 0.233. The van der Waals surface area contributed by atoms with E-state index in [1.807, 2.05) is 42.6 Å². The molecule has 1 heterocycles. The molecule has 0 N–H and O–H groups in total. The highest BCUT2D eigenvalue weighted by atomic mass is 32.2. The number of rotatable bonds is 6. The molecule has 0 atom stereocenters. The van der Waals surface area contributed by atoms with Crippen molar-refractivity contribution >= 4 is 10.0 Å². The first-order chi connectivity index (χ1) is 10.9. The monoisotopic (exact) mass is 333 g/mol. The number of nitrogens with zero attached hydrogens (tertiary/aromatic N) is 3. The molecule has 1 aromatic heterocycles. The number of hydrogen-bond acceptors (Lipinski definition) is 3. The van der Waals surface area contributed by atoms with Crippen molar-refractivity contribution in [3.05, 3.63) is 48.3 Å². The fourth-order valence-electron chi connectivity index (χ4n) is 3.13. The lowest BCUT2D eigenvalue weighted by Crippen LogP contribution is -2.36. The van der Waals surface area contributed by atoms with Crippen molar-refractivity contribution in [2.75, 3.05) is 12.8 Å². The molecule has 6 heteroatoms. The molecule has 0 aliphatic heterocycles. The largest absolute Gasteiger partial charge is 0.241 e. The minimum Gasteiger partial charge on any atom is -0.241 e. The van der Waals surface area contributed by atoms with E-state index in [1.54, 1.807) is 11.7 Å². The Balaban J connectivity index is 1.64. The third-order valence-corrected chi connectivity index (χ3v) is 6.41. The molecule has 1 aromatic carbocycles. The molecule has 0 unspecified atom stereocenters. The summed E-state index contributed by atoms with van der Waals surface area (Å²) in [6, 6.07) is 11.7. The predicted octanol–water partition coefficient (Wildman–Crippen LogP) is 2.68. The Bertz CT molecular complexity index is 749. The highest BCUT2D eigenvalue weighted by Gasteiger charge is 2.31. The average molecular weight is 333 g/mol. The summed E-state index contributed by atoms with van der Waals surface area (Å²) in [5, 5.41) is 4.47. The molecule has 23 heavy (non-hydrogen) atoms. The van der Waals surface area contributed by atoms with E-state index in [2.05, 4.69) is 12.0 Å². The molecule has 1 fully saturated rings. The quantitative estimate of drug-likeness (QED) is 0.817. The zero-order valence-electron chi connectivity index (χ0n) is 13.6. The van der Waals surface area contributed by atoms with Crippen LogP contribution in [0.5, 0.6) is 0 Å². The van der Waals surface area contributed by atoms with E-state index in [1.165, 1.54) is 4.31 Å². The minimum absolute atomic E-state index is 0.257. The van der Waals surface area contributed by atoms with Crippen LogP contribution in [-0.4, -0.2) is 35.3 Å². The third kappa shape index (κ3) is 3.82. The van der Waals surface area contributed by atoms with E-state index in [0.29, 0.717) is 18.4 Å². The summed E-state index contributed by atoms with van der Waals surface area (Å²) >= 11 is 0. The summed E-state index contributed by atoms with van der Waals surface area (Å²) in [6.45, 7) is 2.48. The Morgan fingerprint density at radius 1 is 1.22 bits per heavy atom. The van der Waals surface area contributed by atoms with Crippen LogP contribution in [0.1, 0.15) is 25.5 Å². The molecule has 0 amide bonds. The zero-order chi connectivity index (χ0) is 16.4. The topological polar surface area (TPSA) is 55.2 Å². The molecule has 0 saturated heterocycles. The van der Waals surface area contributed by atoms with Crippen molar-refractivity contribution in [3.63, 3.8) is 0 Å². The van der Waals surface area contributed by atoms with Crippen LogP contribution in [0.3, 0.4) is 0 Å². The summed E-state index contributed by atoms with van der Waals surface area (Å²) in [5.41, 5.74) is 1.72. The third-order valence-electron chi connectivity index (χ3n) is 4.44. The lowest BCUT2D eigenvalue weighted by Gasteiger charge is -2.33. The molecule has 1 saturated carbocycles. The Hall–Kier alpha value is -1.66. The van der Waals surface area contributed by atoms with Crippen molar-refractivity contribution in [1.29, 1.82) is 0 Å². The van der Waals surface area contributed by atoms with Gasteiger partial charge in [0, 0.05) is 13.2 Å². The molecule has 0 bridgehead atoms. The fourth-order valence-corrected chi connectivity index (χ4v) is 4.58. The van der Waals surface area contributed by atoms with Gasteiger partial charge in [0.05, 0.1) is 23.7 Å². The summed E-state index contributed by atoms with van der Waals surface area (Å²) in [7, 11) is -1.58. The molecular weight excluding hydrogens is 310 g/mol. The molecule has 0 spiro atoms. The Kier molecular flexibility index (Phi) is 4.55. The van der Waals surface area contributed by atoms with Crippen molar-refractivity contribution in [1.82, 2.24) is 14.1 Å². The Morgan fingerprint density at radius 3 is 2.57 bits per heavy atom. The van der Waals surface area contributed by atoms with Gasteiger partial charge in [-0.05, 0) is 42.9 Å². The lowest BCUT2D eigenvalue weighted by atomic mass is 9.77. The van der Waals surface area contributed by atoms with Gasteiger partial charge in [-0.2, -0.15) is 9.40 Å². The van der Waals surface area contributed by atoms with Crippen molar-refractivity contribution < 1.29 is 8.42 Å². The number of para-hydroxylation sites is 1. The highest BCUT2D eigenvalue weighted by Crippen LogP contribution is 2.34. The second-order valence-electron chi connectivity index (χ2n) is 6.56. The van der Waals surface area contributed by atoms with Gasteiger partial charge in [-0.3, -0.25) is 0 Å². The van der Waals surface area contributed by atoms with E-state index >= 15 is 0 Å². The smallest absolute Gasteiger partial charge is 0.214 e. The van der Waals surface area contributed by atoms with Gasteiger partial charge < -0.3 is 0 Å². The summed E-state index contributed by atoms with van der Waals surface area (Å²) in [6.07, 6.45) is 3.91. The first-order valence-electron chi connectivity index (χ1n) is 7.98. The van der Waals surface area contributed by atoms with Crippen LogP contribution in [0.4, 0.5) is 0 Å². The molecule has 5 nitrogen and oxygen atoms in total. The summed E-state index contributed by atoms with van der Waals surface area (Å²) in [4.78, 5) is 0. The maximum Gasteiger partial charge on any atom is 0.214 e. The van der Waals surface area contributed by atoms with Gasteiger partial charge in [0.1, 0.15) is 0 Å². The minimum atomic E-state index is -3.21. The fraction of sp³-hybridized carbons (Fsp3) is 0.471. The molecule has 3 rings (SSSR count). The average Bonchev–Trinajstić information content (AvgIpc) is 2.95. The number of sulfonamides is 1. The van der Waals surface area contributed by atoms with Crippen LogP contribution in [0.15, 0.2) is 42.6 Å². The number of hydrogen-bond donors (Lipinski definition) is 0. The SMILES string of the molecule is CC1CC(CS(=O)(=O)N(C)Cc2ccn(-c3ccccc3)n2)C1. The van der Waals surface area contributed by atoms with Gasteiger partial charge in [-0.1, -0.05) is 25.1 Å². The second-order valence-corrected chi connectivity index (χ2v) is 8.68. The zero-order valence-corrected chi connectivity index (χ0v) is 14.4.